The predicted octanol–water partition coefficient (Wildman–Crippen LogP) is 2.62. The number of nitrogens with one attached hydrogen (secondary N) is 2. The number of carbonyl (C=O) groups excluding carboxylic acids is 1. The monoisotopic (exact) mass is 426 g/mol. The Balaban J connectivity index is 1.55. The Morgan fingerprint density at radius 1 is 1.34 bits per heavy atom. The average Bonchev–Trinajstić information content (AvgIpc) is 3.36. The maximum atomic E-state index is 14.0. The Labute approximate surface area is 168 Å². The van der Waals surface area contributed by atoms with Gasteiger partial charge in [0.15, 0.2) is 21.3 Å². The van der Waals surface area contributed by atoms with Gasteiger partial charge in [0.05, 0.1) is 12.2 Å². The molecule has 0 saturated heterocycles. The normalized spacial score (nSPS) is 27.1. The van der Waals surface area contributed by atoms with Crippen LogP contribution in [0.15, 0.2) is 17.7 Å². The second-order valence-corrected chi connectivity index (χ2v) is 10.7. The predicted molar refractivity (Wildman–Crippen MR) is 103 cm³/mol. The second kappa shape index (κ2) is 6.72. The number of nitrogens with zero attached hydrogens (tertiary/aromatic N) is 2. The molecule has 4 aliphatic rings. The van der Waals surface area contributed by atoms with Crippen molar-refractivity contribution in [3.05, 3.63) is 29.1 Å². The molecule has 5 rings (SSSR count). The van der Waals surface area contributed by atoms with E-state index in [2.05, 4.69) is 20.6 Å². The first-order valence-corrected chi connectivity index (χ1v) is 11.6. The fourth-order valence-electron chi connectivity index (χ4n) is 4.02. The van der Waals surface area contributed by atoms with Gasteiger partial charge in [0, 0.05) is 24.1 Å². The molecule has 1 atom stereocenters. The maximum Gasteiger partial charge on any atom is 0.290 e. The van der Waals surface area contributed by atoms with Crippen LogP contribution in [0.25, 0.3) is 0 Å². The van der Waals surface area contributed by atoms with Gasteiger partial charge < -0.3 is 10.6 Å². The third-order valence-electron chi connectivity index (χ3n) is 5.80. The van der Waals surface area contributed by atoms with E-state index in [0.29, 0.717) is 5.92 Å². The lowest BCUT2D eigenvalue weighted by molar-refractivity contribution is -0.00206. The fraction of sp³-hybridized carbons (Fsp3) is 0.632. The Bertz CT molecular complexity index is 953. The molecule has 158 valence electrons. The first-order valence-electron chi connectivity index (χ1n) is 9.67. The van der Waals surface area contributed by atoms with Crippen LogP contribution >= 0.6 is 0 Å². The zero-order valence-electron chi connectivity index (χ0n) is 16.3. The highest BCUT2D eigenvalue weighted by Gasteiger charge is 2.57. The van der Waals surface area contributed by atoms with Crippen LogP contribution in [0.2, 0.25) is 0 Å². The van der Waals surface area contributed by atoms with Crippen LogP contribution in [-0.4, -0.2) is 42.1 Å². The molecule has 1 aromatic heterocycles. The van der Waals surface area contributed by atoms with Crippen LogP contribution in [0.5, 0.6) is 0 Å². The van der Waals surface area contributed by atoms with Gasteiger partial charge in [-0.1, -0.05) is 6.08 Å². The van der Waals surface area contributed by atoms with Crippen molar-refractivity contribution in [2.45, 2.75) is 56.5 Å². The lowest BCUT2D eigenvalue weighted by Gasteiger charge is -2.62. The number of carbonyl (C=O) groups is 1. The minimum Gasteiger partial charge on any atom is -0.363 e. The largest absolute Gasteiger partial charge is 0.363 e. The van der Waals surface area contributed by atoms with Gasteiger partial charge in [0.2, 0.25) is 0 Å². The smallest absolute Gasteiger partial charge is 0.290 e. The standard InChI is InChI=1S/C19H24F2N4O3S/c1-18(20,21)15-16(25-19-7-11(8-19)9-19)23-14(10-22-15)17(26)24-13(12-3-4-12)5-6-29(2,27)28/h5-6,10-13H,3-4,7-9H2,1-2H3,(H,23,25)(H,24,26)/b6-5+/t11?,13-,19?/m1/s1. The van der Waals surface area contributed by atoms with Crippen molar-refractivity contribution in [2.24, 2.45) is 11.8 Å². The zero-order valence-corrected chi connectivity index (χ0v) is 17.1. The van der Waals surface area contributed by atoms with Gasteiger partial charge in [-0.3, -0.25) is 4.79 Å². The van der Waals surface area contributed by atoms with Crippen molar-refractivity contribution in [2.75, 3.05) is 11.6 Å². The highest BCUT2D eigenvalue weighted by atomic mass is 32.2. The third kappa shape index (κ3) is 4.41. The summed E-state index contributed by atoms with van der Waals surface area (Å²) in [5, 5.41) is 6.91. The number of alkyl halides is 2. The Hall–Kier alpha value is -2.10. The van der Waals surface area contributed by atoms with E-state index in [9.17, 15) is 22.0 Å². The molecule has 29 heavy (non-hydrogen) atoms. The molecular weight excluding hydrogens is 402 g/mol. The number of aromatic nitrogens is 2. The summed E-state index contributed by atoms with van der Waals surface area (Å²) < 4.78 is 50.7. The lowest BCUT2D eigenvalue weighted by Crippen LogP contribution is -2.63. The Kier molecular flexibility index (Phi) is 4.67. The number of halogens is 2. The van der Waals surface area contributed by atoms with Crippen molar-refractivity contribution in [3.63, 3.8) is 0 Å². The quantitative estimate of drug-likeness (QED) is 0.663. The highest BCUT2D eigenvalue weighted by Crippen LogP contribution is 2.58. The number of amides is 1. The lowest BCUT2D eigenvalue weighted by atomic mass is 9.50. The Morgan fingerprint density at radius 3 is 2.48 bits per heavy atom. The van der Waals surface area contributed by atoms with Gasteiger partial charge in [0.1, 0.15) is 5.69 Å². The van der Waals surface area contributed by atoms with E-state index in [-0.39, 0.29) is 23.0 Å². The molecule has 1 heterocycles. The molecule has 0 radical (unpaired) electrons. The van der Waals surface area contributed by atoms with Gasteiger partial charge in [-0.25, -0.2) is 18.4 Å². The number of hydrogen-bond acceptors (Lipinski definition) is 6. The SMILES string of the molecule is CC(F)(F)c1ncc(C(=O)N[C@H](/C=C/S(C)(=O)=O)C2CC2)nc1NC12CC(C1)C2. The number of anilines is 1. The molecule has 0 aromatic carbocycles. The molecule has 2 bridgehead atoms. The molecule has 1 amide bonds. The summed E-state index contributed by atoms with van der Waals surface area (Å²) in [6.07, 6.45) is 8.07. The van der Waals surface area contributed by atoms with E-state index < -0.39 is 33.4 Å². The molecule has 4 fully saturated rings. The van der Waals surface area contributed by atoms with E-state index in [1.165, 1.54) is 6.08 Å². The van der Waals surface area contributed by atoms with Crippen molar-refractivity contribution in [3.8, 4) is 0 Å². The van der Waals surface area contributed by atoms with Gasteiger partial charge in [-0.2, -0.15) is 8.78 Å². The highest BCUT2D eigenvalue weighted by molar-refractivity contribution is 7.93. The minimum atomic E-state index is -3.32. The average molecular weight is 426 g/mol. The summed E-state index contributed by atoms with van der Waals surface area (Å²) in [4.78, 5) is 20.7. The maximum absolute atomic E-state index is 14.0. The van der Waals surface area contributed by atoms with Gasteiger partial charge in [0.25, 0.3) is 11.8 Å². The molecule has 0 spiro atoms. The number of rotatable bonds is 8. The van der Waals surface area contributed by atoms with E-state index in [0.717, 1.165) is 56.9 Å². The Morgan fingerprint density at radius 2 is 2.00 bits per heavy atom. The van der Waals surface area contributed by atoms with Gasteiger partial charge >= 0.3 is 0 Å². The molecule has 1 aromatic rings. The molecule has 2 N–H and O–H groups in total. The minimum absolute atomic E-state index is 0.0575. The second-order valence-electron chi connectivity index (χ2n) is 8.72. The molecule has 4 saturated carbocycles. The fourth-order valence-corrected chi connectivity index (χ4v) is 4.48. The van der Waals surface area contributed by atoms with E-state index >= 15 is 0 Å². The van der Waals surface area contributed by atoms with Gasteiger partial charge in [-0.15, -0.1) is 0 Å². The first-order chi connectivity index (χ1) is 13.4. The zero-order chi connectivity index (χ0) is 21.0. The molecule has 7 nitrogen and oxygen atoms in total. The summed E-state index contributed by atoms with van der Waals surface area (Å²) in [5.74, 6) is -3.02. The molecule has 0 unspecified atom stereocenters. The van der Waals surface area contributed by atoms with Crippen molar-refractivity contribution in [1.29, 1.82) is 0 Å². The van der Waals surface area contributed by atoms with Crippen LogP contribution in [0.3, 0.4) is 0 Å². The molecule has 0 aliphatic heterocycles. The van der Waals surface area contributed by atoms with E-state index in [1.54, 1.807) is 0 Å². The van der Waals surface area contributed by atoms with Gasteiger partial charge in [-0.05, 0) is 43.9 Å². The first kappa shape index (κ1) is 20.2. The third-order valence-corrected chi connectivity index (χ3v) is 6.46. The van der Waals surface area contributed by atoms with Crippen molar-refractivity contribution < 1.29 is 22.0 Å². The number of hydrogen-bond donors (Lipinski definition) is 2. The van der Waals surface area contributed by atoms with Crippen LogP contribution in [0.1, 0.15) is 55.2 Å². The molecule has 4 aliphatic carbocycles. The molecule has 10 heteroatoms. The summed E-state index contributed by atoms with van der Waals surface area (Å²) in [6, 6.07) is -0.458. The van der Waals surface area contributed by atoms with Crippen molar-refractivity contribution in [1.82, 2.24) is 15.3 Å². The number of sulfone groups is 1. The summed E-state index contributed by atoms with van der Waals surface area (Å²) in [7, 11) is -3.32. The van der Waals surface area contributed by atoms with Crippen LogP contribution < -0.4 is 10.6 Å². The molecular formula is C19H24F2N4O3S. The summed E-state index contributed by atoms with van der Waals surface area (Å²) in [5.41, 5.74) is -0.761. The summed E-state index contributed by atoms with van der Waals surface area (Å²) in [6.45, 7) is 0.753. The van der Waals surface area contributed by atoms with Crippen molar-refractivity contribution >= 4 is 21.6 Å². The van der Waals surface area contributed by atoms with Crippen LogP contribution in [-0.2, 0) is 15.8 Å². The van der Waals surface area contributed by atoms with E-state index in [1.807, 2.05) is 0 Å². The van der Waals surface area contributed by atoms with Crippen LogP contribution in [0, 0.1) is 11.8 Å². The summed E-state index contributed by atoms with van der Waals surface area (Å²) >= 11 is 0. The topological polar surface area (TPSA) is 101 Å². The van der Waals surface area contributed by atoms with E-state index in [4.69, 9.17) is 0 Å². The van der Waals surface area contributed by atoms with Crippen LogP contribution in [0.4, 0.5) is 14.6 Å².